The van der Waals surface area contributed by atoms with E-state index in [4.69, 9.17) is 9.47 Å². The fourth-order valence-electron chi connectivity index (χ4n) is 3.86. The molecule has 2 aliphatic heterocycles. The maximum absolute atomic E-state index is 12.3. The first-order valence-electron chi connectivity index (χ1n) is 10.1. The molecule has 3 rings (SSSR count). The van der Waals surface area contributed by atoms with Crippen molar-refractivity contribution in [3.63, 3.8) is 0 Å². The number of rotatable bonds is 8. The van der Waals surface area contributed by atoms with Crippen molar-refractivity contribution in [3.05, 3.63) is 27.7 Å². The summed E-state index contributed by atoms with van der Waals surface area (Å²) in [6.07, 6.45) is 1.11. The number of allylic oxidation sites excluding steroid dienone is 1. The first-order chi connectivity index (χ1) is 13.7. The molecule has 3 heterocycles. The molecule has 3 N–H and O–H groups in total. The topological polar surface area (TPSA) is 112 Å². The summed E-state index contributed by atoms with van der Waals surface area (Å²) in [4.78, 5) is 17.0. The lowest BCUT2D eigenvalue weighted by molar-refractivity contribution is -0.165. The molecule has 0 radical (unpaired) electrons. The second kappa shape index (κ2) is 9.32. The molecule has 0 spiro atoms. The van der Waals surface area contributed by atoms with Gasteiger partial charge in [-0.3, -0.25) is 4.79 Å². The van der Waals surface area contributed by atoms with Crippen LogP contribution in [0.2, 0.25) is 0 Å². The van der Waals surface area contributed by atoms with Crippen LogP contribution in [-0.4, -0.2) is 69.3 Å². The number of epoxide rings is 1. The predicted molar refractivity (Wildman–Crippen MR) is 109 cm³/mol. The first kappa shape index (κ1) is 22.5. The largest absolute Gasteiger partial charge is 0.393 e. The molecule has 1 aromatic rings. The van der Waals surface area contributed by atoms with E-state index in [2.05, 4.69) is 4.98 Å². The van der Waals surface area contributed by atoms with Gasteiger partial charge in [0.2, 0.25) is 0 Å². The van der Waals surface area contributed by atoms with Gasteiger partial charge in [-0.1, -0.05) is 12.5 Å². The SMILES string of the molecule is C/C(=C\C(=O)c1cnc(C)s1)C[C@@H]1OC[C@H](C[C@@H]2O[C@H]2[C@@H](C)[C@H](C)O)[C@@H](O)[C@H]1O. The summed E-state index contributed by atoms with van der Waals surface area (Å²) < 4.78 is 11.5. The van der Waals surface area contributed by atoms with Gasteiger partial charge in [-0.15, -0.1) is 11.3 Å². The summed E-state index contributed by atoms with van der Waals surface area (Å²) in [5.41, 5.74) is 0.784. The summed E-state index contributed by atoms with van der Waals surface area (Å²) in [5.74, 6) is -0.295. The molecule has 8 heteroatoms. The van der Waals surface area contributed by atoms with Crippen molar-refractivity contribution in [1.82, 2.24) is 4.98 Å². The number of carbonyl (C=O) groups excluding carboxylic acids is 1. The molecule has 2 fully saturated rings. The maximum Gasteiger partial charge on any atom is 0.197 e. The van der Waals surface area contributed by atoms with Crippen LogP contribution >= 0.6 is 11.3 Å². The predicted octanol–water partition coefficient (Wildman–Crippen LogP) is 1.88. The van der Waals surface area contributed by atoms with Crippen LogP contribution in [0.1, 0.15) is 48.3 Å². The second-order valence-corrected chi connectivity index (χ2v) is 9.62. The van der Waals surface area contributed by atoms with Crippen LogP contribution in [0, 0.1) is 18.8 Å². The third-order valence-electron chi connectivity index (χ3n) is 5.94. The number of nitrogens with zero attached hydrogens (tertiary/aromatic N) is 1. The minimum atomic E-state index is -1.02. The van der Waals surface area contributed by atoms with Crippen LogP contribution in [-0.2, 0) is 9.47 Å². The number of hydrogen-bond acceptors (Lipinski definition) is 8. The molecule has 7 nitrogen and oxygen atoms in total. The van der Waals surface area contributed by atoms with Gasteiger partial charge < -0.3 is 24.8 Å². The quantitative estimate of drug-likeness (QED) is 0.331. The van der Waals surface area contributed by atoms with E-state index < -0.39 is 24.4 Å². The van der Waals surface area contributed by atoms with Crippen LogP contribution < -0.4 is 0 Å². The number of carbonyl (C=O) groups is 1. The van der Waals surface area contributed by atoms with Crippen LogP contribution in [0.15, 0.2) is 17.8 Å². The Kier molecular flexibility index (Phi) is 7.24. The van der Waals surface area contributed by atoms with Gasteiger partial charge in [-0.2, -0.15) is 0 Å². The van der Waals surface area contributed by atoms with E-state index >= 15 is 0 Å². The number of aliphatic hydroxyl groups is 3. The van der Waals surface area contributed by atoms with Crippen molar-refractivity contribution >= 4 is 17.1 Å². The average molecular weight is 426 g/mol. The minimum Gasteiger partial charge on any atom is -0.393 e. The van der Waals surface area contributed by atoms with Crippen LogP contribution in [0.5, 0.6) is 0 Å². The zero-order valence-corrected chi connectivity index (χ0v) is 18.1. The van der Waals surface area contributed by atoms with Gasteiger partial charge in [-0.25, -0.2) is 4.98 Å². The van der Waals surface area contributed by atoms with Crippen molar-refractivity contribution in [1.29, 1.82) is 0 Å². The normalized spacial score (nSPS) is 34.7. The van der Waals surface area contributed by atoms with E-state index in [9.17, 15) is 20.1 Å². The molecule has 0 saturated carbocycles. The summed E-state index contributed by atoms with van der Waals surface area (Å²) in [5, 5.41) is 31.6. The van der Waals surface area contributed by atoms with Crippen LogP contribution in [0.3, 0.4) is 0 Å². The molecule has 8 atom stereocenters. The number of ether oxygens (including phenoxy) is 2. The van der Waals surface area contributed by atoms with Crippen molar-refractivity contribution in [2.45, 2.75) is 77.2 Å². The van der Waals surface area contributed by atoms with Gasteiger partial charge in [0.15, 0.2) is 5.78 Å². The summed E-state index contributed by atoms with van der Waals surface area (Å²) >= 11 is 1.35. The Bertz CT molecular complexity index is 747. The fourth-order valence-corrected chi connectivity index (χ4v) is 4.55. The molecule has 0 aromatic carbocycles. The highest BCUT2D eigenvalue weighted by Crippen LogP contribution is 2.38. The van der Waals surface area contributed by atoms with E-state index in [1.807, 2.05) is 20.8 Å². The highest BCUT2D eigenvalue weighted by molar-refractivity contribution is 7.13. The number of aliphatic hydroxyl groups excluding tert-OH is 3. The Hall–Kier alpha value is -1.16. The number of aromatic nitrogens is 1. The molecule has 162 valence electrons. The zero-order chi connectivity index (χ0) is 21.3. The van der Waals surface area contributed by atoms with E-state index in [-0.39, 0.29) is 29.8 Å². The van der Waals surface area contributed by atoms with E-state index in [1.54, 1.807) is 19.2 Å². The van der Waals surface area contributed by atoms with Gasteiger partial charge >= 0.3 is 0 Å². The molecule has 0 unspecified atom stereocenters. The van der Waals surface area contributed by atoms with Gasteiger partial charge in [0.25, 0.3) is 0 Å². The molecular weight excluding hydrogens is 394 g/mol. The zero-order valence-electron chi connectivity index (χ0n) is 17.3. The molecule has 1 aromatic heterocycles. The lowest BCUT2D eigenvalue weighted by Gasteiger charge is -2.38. The first-order valence-corrected chi connectivity index (χ1v) is 10.9. The third kappa shape index (κ3) is 5.51. The fraction of sp³-hybridized carbons (Fsp3) is 0.714. The lowest BCUT2D eigenvalue weighted by atomic mass is 9.85. The smallest absolute Gasteiger partial charge is 0.197 e. The van der Waals surface area contributed by atoms with E-state index in [0.29, 0.717) is 24.3 Å². The Morgan fingerprint density at radius 2 is 2.07 bits per heavy atom. The number of hydrogen-bond donors (Lipinski definition) is 3. The number of thiazole rings is 1. The van der Waals surface area contributed by atoms with Gasteiger partial charge in [-0.05, 0) is 39.7 Å². The number of ketones is 1. The Labute approximate surface area is 175 Å². The summed E-state index contributed by atoms with van der Waals surface area (Å²) in [6, 6.07) is 0. The Morgan fingerprint density at radius 1 is 1.34 bits per heavy atom. The number of aryl methyl sites for hydroxylation is 1. The summed E-state index contributed by atoms with van der Waals surface area (Å²) in [7, 11) is 0. The van der Waals surface area contributed by atoms with Gasteiger partial charge in [0.1, 0.15) is 6.10 Å². The molecule has 0 aliphatic carbocycles. The highest BCUT2D eigenvalue weighted by atomic mass is 32.1. The average Bonchev–Trinajstić information content (AvgIpc) is 3.29. The molecular formula is C21H31NO6S. The van der Waals surface area contributed by atoms with E-state index in [1.165, 1.54) is 11.3 Å². The van der Waals surface area contributed by atoms with E-state index in [0.717, 1.165) is 10.6 Å². The van der Waals surface area contributed by atoms with Crippen molar-refractivity contribution in [2.75, 3.05) is 6.61 Å². The van der Waals surface area contributed by atoms with Crippen LogP contribution in [0.4, 0.5) is 0 Å². The lowest BCUT2D eigenvalue weighted by Crippen LogP contribution is -2.50. The molecule has 0 bridgehead atoms. The Morgan fingerprint density at radius 3 is 2.69 bits per heavy atom. The van der Waals surface area contributed by atoms with Gasteiger partial charge in [0, 0.05) is 18.0 Å². The van der Waals surface area contributed by atoms with Gasteiger partial charge in [0.05, 0.1) is 47.0 Å². The van der Waals surface area contributed by atoms with Crippen molar-refractivity contribution in [3.8, 4) is 0 Å². The van der Waals surface area contributed by atoms with Crippen molar-refractivity contribution < 1.29 is 29.6 Å². The standard InChI is InChI=1S/C21H31NO6S/c1-10(5-15(24)18-8-22-13(4)29-18)6-16-20(26)19(25)14(9-27-16)7-17-21(28-17)11(2)12(3)23/h5,8,11-12,14,16-17,19-21,23,25-26H,6-7,9H2,1-4H3/b10-5+/t11-,12-,14-,16-,17-,19+,20-,21-/m0/s1. The van der Waals surface area contributed by atoms with Crippen LogP contribution in [0.25, 0.3) is 0 Å². The Balaban J connectivity index is 1.51. The minimum absolute atomic E-state index is 0.0105. The molecule has 29 heavy (non-hydrogen) atoms. The monoisotopic (exact) mass is 425 g/mol. The van der Waals surface area contributed by atoms with Crippen molar-refractivity contribution in [2.24, 2.45) is 11.8 Å². The maximum atomic E-state index is 12.3. The molecule has 2 saturated heterocycles. The molecule has 0 amide bonds. The molecule has 2 aliphatic rings. The summed E-state index contributed by atoms with van der Waals surface area (Å²) in [6.45, 7) is 7.68. The third-order valence-corrected chi connectivity index (χ3v) is 6.87. The highest BCUT2D eigenvalue weighted by Gasteiger charge is 2.48. The second-order valence-electron chi connectivity index (χ2n) is 8.39.